The second kappa shape index (κ2) is 10.7. The van der Waals surface area contributed by atoms with Crippen LogP contribution in [-0.2, 0) is 6.54 Å². The summed E-state index contributed by atoms with van der Waals surface area (Å²) >= 11 is 0. The zero-order valence-corrected chi connectivity index (χ0v) is 15.6. The first-order chi connectivity index (χ1) is 11.2. The van der Waals surface area contributed by atoms with E-state index < -0.39 is 6.10 Å². The highest BCUT2D eigenvalue weighted by Gasteiger charge is 2.25. The average Bonchev–Trinajstić information content (AvgIpc) is 2.58. The first-order valence-electron chi connectivity index (χ1n) is 8.35. The molecule has 1 saturated heterocycles. The van der Waals surface area contributed by atoms with Crippen molar-refractivity contribution in [3.05, 3.63) is 71.5 Å². The molecule has 3 N–H and O–H groups in total. The smallest absolute Gasteiger partial charge is 0.128 e. The van der Waals surface area contributed by atoms with E-state index in [1.165, 1.54) is 22.6 Å². The van der Waals surface area contributed by atoms with Crippen molar-refractivity contribution in [3.8, 4) is 0 Å². The molecule has 25 heavy (non-hydrogen) atoms. The molecule has 3 nitrogen and oxygen atoms in total. The van der Waals surface area contributed by atoms with Gasteiger partial charge in [-0.2, -0.15) is 0 Å². The molecule has 0 radical (unpaired) electrons. The molecule has 0 aliphatic carbocycles. The van der Waals surface area contributed by atoms with Crippen LogP contribution in [0.4, 0.5) is 4.39 Å². The SMILES string of the molecule is OC(C[NH+]1CC[NH+](Cc2ccccc2)CC1)c1ccc(F)cc1.[Cl-].[Cl-]. The monoisotopic (exact) mass is 386 g/mol. The number of benzene rings is 2. The zero-order valence-electron chi connectivity index (χ0n) is 14.1. The standard InChI is InChI=1S/C19H23FN2O.2ClH/c20-18-8-6-17(7-9-18)19(23)15-22-12-10-21(11-13-22)14-16-4-2-1-3-5-16;;/h1-9,19,23H,10-15H2;2*1H. The summed E-state index contributed by atoms with van der Waals surface area (Å²) in [5.41, 5.74) is 2.19. The highest BCUT2D eigenvalue weighted by Crippen LogP contribution is 2.11. The minimum absolute atomic E-state index is 0. The summed E-state index contributed by atoms with van der Waals surface area (Å²) in [6.07, 6.45) is -0.513. The number of hydrogen-bond acceptors (Lipinski definition) is 1. The van der Waals surface area contributed by atoms with Crippen molar-refractivity contribution in [1.82, 2.24) is 0 Å². The fraction of sp³-hybridized carbons (Fsp3) is 0.368. The van der Waals surface area contributed by atoms with Crippen LogP contribution in [0.15, 0.2) is 54.6 Å². The van der Waals surface area contributed by atoms with Gasteiger partial charge in [0.1, 0.15) is 51.2 Å². The molecule has 0 amide bonds. The van der Waals surface area contributed by atoms with Gasteiger partial charge in [-0.05, 0) is 17.7 Å². The summed E-state index contributed by atoms with van der Waals surface area (Å²) in [6, 6.07) is 16.8. The van der Waals surface area contributed by atoms with Crippen LogP contribution in [0, 0.1) is 5.82 Å². The predicted molar refractivity (Wildman–Crippen MR) is 87.8 cm³/mol. The molecule has 0 bridgehead atoms. The summed E-state index contributed by atoms with van der Waals surface area (Å²) in [5.74, 6) is -0.258. The van der Waals surface area contributed by atoms with E-state index in [1.807, 2.05) is 0 Å². The molecule has 138 valence electrons. The molecule has 1 aliphatic heterocycles. The molecule has 1 fully saturated rings. The van der Waals surface area contributed by atoms with Gasteiger partial charge >= 0.3 is 0 Å². The number of halogens is 3. The van der Waals surface area contributed by atoms with Gasteiger partial charge in [-0.3, -0.25) is 0 Å². The Morgan fingerprint density at radius 1 is 0.840 bits per heavy atom. The van der Waals surface area contributed by atoms with E-state index >= 15 is 0 Å². The van der Waals surface area contributed by atoms with Gasteiger partial charge in [0, 0.05) is 5.56 Å². The van der Waals surface area contributed by atoms with E-state index in [4.69, 9.17) is 0 Å². The average molecular weight is 387 g/mol. The van der Waals surface area contributed by atoms with Crippen LogP contribution in [0.2, 0.25) is 0 Å². The summed E-state index contributed by atoms with van der Waals surface area (Å²) in [4.78, 5) is 3.04. The molecule has 2 aromatic carbocycles. The summed E-state index contributed by atoms with van der Waals surface area (Å²) < 4.78 is 12.9. The lowest BCUT2D eigenvalue weighted by molar-refractivity contribution is -1.02. The molecule has 0 saturated carbocycles. The molecular weight excluding hydrogens is 362 g/mol. The fourth-order valence-corrected chi connectivity index (χ4v) is 3.30. The topological polar surface area (TPSA) is 29.1 Å². The van der Waals surface area contributed by atoms with Gasteiger partial charge in [0.05, 0.1) is 0 Å². The van der Waals surface area contributed by atoms with Crippen LogP contribution in [-0.4, -0.2) is 37.8 Å². The van der Waals surface area contributed by atoms with Crippen LogP contribution in [0.5, 0.6) is 0 Å². The van der Waals surface area contributed by atoms with Gasteiger partial charge in [-0.15, -0.1) is 0 Å². The van der Waals surface area contributed by atoms with Crippen molar-refractivity contribution in [1.29, 1.82) is 0 Å². The third-order valence-corrected chi connectivity index (χ3v) is 4.70. The molecular formula is C19H25Cl2FN2O. The molecule has 3 rings (SSSR count). The van der Waals surface area contributed by atoms with Crippen LogP contribution in [0.3, 0.4) is 0 Å². The van der Waals surface area contributed by atoms with E-state index in [0.29, 0.717) is 6.54 Å². The lowest BCUT2D eigenvalue weighted by atomic mass is 10.1. The van der Waals surface area contributed by atoms with Gasteiger partial charge in [-0.1, -0.05) is 42.5 Å². The van der Waals surface area contributed by atoms with Gasteiger partial charge in [-0.25, -0.2) is 4.39 Å². The predicted octanol–water partition coefficient (Wildman–Crippen LogP) is -6.15. The maximum absolute atomic E-state index is 12.9. The van der Waals surface area contributed by atoms with Crippen molar-refractivity contribution in [2.24, 2.45) is 0 Å². The van der Waals surface area contributed by atoms with Crippen molar-refractivity contribution in [2.45, 2.75) is 12.6 Å². The molecule has 1 heterocycles. The minimum atomic E-state index is -0.513. The molecule has 1 aliphatic rings. The maximum Gasteiger partial charge on any atom is 0.128 e. The molecule has 0 spiro atoms. The van der Waals surface area contributed by atoms with E-state index in [9.17, 15) is 9.50 Å². The quantitative estimate of drug-likeness (QED) is 0.469. The third-order valence-electron chi connectivity index (χ3n) is 4.70. The number of hydrogen-bond donors (Lipinski definition) is 3. The second-order valence-electron chi connectivity index (χ2n) is 6.43. The van der Waals surface area contributed by atoms with Gasteiger partial charge < -0.3 is 39.7 Å². The van der Waals surface area contributed by atoms with Crippen molar-refractivity contribution in [3.63, 3.8) is 0 Å². The number of aliphatic hydroxyl groups excluding tert-OH is 1. The minimum Gasteiger partial charge on any atom is -1.00 e. The third kappa shape index (κ3) is 6.57. The highest BCUT2D eigenvalue weighted by molar-refractivity contribution is 5.18. The van der Waals surface area contributed by atoms with Gasteiger partial charge in [0.15, 0.2) is 0 Å². The molecule has 1 unspecified atom stereocenters. The van der Waals surface area contributed by atoms with E-state index in [2.05, 4.69) is 30.3 Å². The Balaban J connectivity index is 0.00000156. The first-order valence-corrected chi connectivity index (χ1v) is 8.35. The van der Waals surface area contributed by atoms with Crippen molar-refractivity contribution >= 4 is 0 Å². The number of quaternary nitrogens is 2. The molecule has 0 aromatic heterocycles. The number of aliphatic hydroxyl groups is 1. The summed E-state index contributed by atoms with van der Waals surface area (Å²) in [7, 11) is 0. The second-order valence-corrected chi connectivity index (χ2v) is 6.43. The Kier molecular flexibility index (Phi) is 9.39. The summed E-state index contributed by atoms with van der Waals surface area (Å²) in [5, 5.41) is 10.3. The van der Waals surface area contributed by atoms with Gasteiger partial charge in [0.25, 0.3) is 0 Å². The Labute approximate surface area is 161 Å². The van der Waals surface area contributed by atoms with E-state index in [0.717, 1.165) is 38.3 Å². The van der Waals surface area contributed by atoms with E-state index in [1.54, 1.807) is 17.0 Å². The molecule has 2 aromatic rings. The van der Waals surface area contributed by atoms with Gasteiger partial charge in [0.2, 0.25) is 0 Å². The van der Waals surface area contributed by atoms with Crippen LogP contribution in [0.1, 0.15) is 17.2 Å². The van der Waals surface area contributed by atoms with Crippen LogP contribution < -0.4 is 34.6 Å². The Morgan fingerprint density at radius 3 is 2.00 bits per heavy atom. The summed E-state index contributed by atoms with van der Waals surface area (Å²) in [6.45, 7) is 6.17. The van der Waals surface area contributed by atoms with Crippen molar-refractivity contribution in [2.75, 3.05) is 32.7 Å². The molecule has 6 heteroatoms. The Hall–Kier alpha value is -1.17. The lowest BCUT2D eigenvalue weighted by Gasteiger charge is -2.30. The normalized spacial score (nSPS) is 20.9. The molecule has 1 atom stereocenters. The lowest BCUT2D eigenvalue weighted by Crippen LogP contribution is -3.27. The first kappa shape index (κ1) is 21.9. The number of piperazine rings is 1. The van der Waals surface area contributed by atoms with Crippen molar-refractivity contribution < 1.29 is 44.1 Å². The van der Waals surface area contributed by atoms with E-state index in [-0.39, 0.29) is 30.6 Å². The van der Waals surface area contributed by atoms with Crippen LogP contribution >= 0.6 is 0 Å². The zero-order chi connectivity index (χ0) is 16.1. The Bertz CT molecular complexity index is 605. The fourth-order valence-electron chi connectivity index (χ4n) is 3.30. The number of rotatable bonds is 5. The van der Waals surface area contributed by atoms with Crippen LogP contribution in [0.25, 0.3) is 0 Å². The highest BCUT2D eigenvalue weighted by atomic mass is 35.5. The maximum atomic E-state index is 12.9. The number of nitrogens with one attached hydrogen (secondary N) is 2. The largest absolute Gasteiger partial charge is 1.00 e. The Morgan fingerprint density at radius 2 is 1.40 bits per heavy atom.